The lowest BCUT2D eigenvalue weighted by molar-refractivity contribution is -0.143. The Bertz CT molecular complexity index is 211. The summed E-state index contributed by atoms with van der Waals surface area (Å²) in [6, 6.07) is 0. The summed E-state index contributed by atoms with van der Waals surface area (Å²) in [6.07, 6.45) is 15.5. The fraction of sp³-hybridized carbons (Fsp3) is 0.824. The van der Waals surface area contributed by atoms with E-state index in [0.717, 1.165) is 25.7 Å². The lowest BCUT2D eigenvalue weighted by atomic mass is 10.1. The number of carbonyl (C=O) groups is 1. The van der Waals surface area contributed by atoms with Crippen molar-refractivity contribution in [3.8, 4) is 0 Å². The highest BCUT2D eigenvalue weighted by molar-refractivity contribution is 5.69. The van der Waals surface area contributed by atoms with Crippen LogP contribution in [0.1, 0.15) is 84.0 Å². The first-order valence-corrected chi connectivity index (χ1v) is 8.07. The Morgan fingerprint density at radius 2 is 1.58 bits per heavy atom. The molecule has 0 heterocycles. The molecule has 0 fully saturated rings. The Balaban J connectivity index is 3.14. The van der Waals surface area contributed by atoms with Gasteiger partial charge in [-0.05, 0) is 25.7 Å². The van der Waals surface area contributed by atoms with Crippen molar-refractivity contribution in [1.29, 1.82) is 0 Å². The predicted molar refractivity (Wildman–Crippen MR) is 82.2 cm³/mol. The molecule has 0 N–H and O–H groups in total. The molecule has 0 aromatic heterocycles. The number of hydrogen-bond acceptors (Lipinski definition) is 2. The van der Waals surface area contributed by atoms with Gasteiger partial charge in [0.2, 0.25) is 0 Å². The van der Waals surface area contributed by atoms with E-state index in [-0.39, 0.29) is 5.97 Å². The first-order chi connectivity index (χ1) is 9.31. The molecule has 0 rings (SSSR count). The van der Waals surface area contributed by atoms with E-state index in [1.54, 1.807) is 0 Å². The standard InChI is InChI=1S/C17H32O2/c1-3-5-7-9-10-11-13-15-17(18)19-16-14-12-8-6-4-2/h3H,1,4-16H2,2H3. The summed E-state index contributed by atoms with van der Waals surface area (Å²) in [5.41, 5.74) is 0. The SMILES string of the molecule is C=CCCCCCCCC(=O)OCCCCCCC. The van der Waals surface area contributed by atoms with E-state index in [0.29, 0.717) is 13.0 Å². The third kappa shape index (κ3) is 15.2. The first kappa shape index (κ1) is 18.2. The predicted octanol–water partition coefficient (Wildman–Crippen LogP) is 5.42. The zero-order chi connectivity index (χ0) is 14.2. The summed E-state index contributed by atoms with van der Waals surface area (Å²) in [5, 5.41) is 0. The number of unbranched alkanes of at least 4 members (excludes halogenated alkanes) is 9. The van der Waals surface area contributed by atoms with Gasteiger partial charge in [0.15, 0.2) is 0 Å². The molecular formula is C17H32O2. The molecule has 0 aromatic rings. The molecule has 0 unspecified atom stereocenters. The van der Waals surface area contributed by atoms with Crippen molar-refractivity contribution in [2.24, 2.45) is 0 Å². The summed E-state index contributed by atoms with van der Waals surface area (Å²) in [6.45, 7) is 6.53. The van der Waals surface area contributed by atoms with Crippen LogP contribution in [0.2, 0.25) is 0 Å². The molecular weight excluding hydrogens is 236 g/mol. The molecule has 0 saturated carbocycles. The largest absolute Gasteiger partial charge is 0.466 e. The van der Waals surface area contributed by atoms with Gasteiger partial charge in [-0.2, -0.15) is 0 Å². The molecule has 19 heavy (non-hydrogen) atoms. The number of rotatable bonds is 14. The minimum atomic E-state index is -0.0124. The summed E-state index contributed by atoms with van der Waals surface area (Å²) in [4.78, 5) is 11.4. The number of hydrogen-bond donors (Lipinski definition) is 0. The Morgan fingerprint density at radius 1 is 0.947 bits per heavy atom. The lowest BCUT2D eigenvalue weighted by Crippen LogP contribution is -2.05. The molecule has 0 amide bonds. The highest BCUT2D eigenvalue weighted by Gasteiger charge is 2.02. The van der Waals surface area contributed by atoms with Crippen molar-refractivity contribution in [3.63, 3.8) is 0 Å². The van der Waals surface area contributed by atoms with E-state index < -0.39 is 0 Å². The monoisotopic (exact) mass is 268 g/mol. The van der Waals surface area contributed by atoms with Crippen molar-refractivity contribution in [3.05, 3.63) is 12.7 Å². The minimum absolute atomic E-state index is 0.0124. The zero-order valence-corrected chi connectivity index (χ0v) is 12.8. The van der Waals surface area contributed by atoms with Gasteiger partial charge in [0.25, 0.3) is 0 Å². The van der Waals surface area contributed by atoms with Crippen LogP contribution in [0.5, 0.6) is 0 Å². The van der Waals surface area contributed by atoms with Gasteiger partial charge in [-0.1, -0.05) is 57.9 Å². The lowest BCUT2D eigenvalue weighted by Gasteiger charge is -2.04. The Morgan fingerprint density at radius 3 is 2.32 bits per heavy atom. The van der Waals surface area contributed by atoms with Crippen LogP contribution in [0.3, 0.4) is 0 Å². The average molecular weight is 268 g/mol. The fourth-order valence-corrected chi connectivity index (χ4v) is 2.05. The van der Waals surface area contributed by atoms with Crippen molar-refractivity contribution >= 4 is 5.97 Å². The molecule has 2 heteroatoms. The molecule has 0 saturated heterocycles. The van der Waals surface area contributed by atoms with Crippen LogP contribution < -0.4 is 0 Å². The molecule has 0 spiro atoms. The van der Waals surface area contributed by atoms with Gasteiger partial charge in [-0.3, -0.25) is 4.79 Å². The maximum atomic E-state index is 11.4. The Hall–Kier alpha value is -0.790. The normalized spacial score (nSPS) is 10.4. The number of ether oxygens (including phenoxy) is 1. The molecule has 0 aliphatic heterocycles. The summed E-state index contributed by atoms with van der Waals surface area (Å²) >= 11 is 0. The third-order valence-electron chi connectivity index (χ3n) is 3.30. The van der Waals surface area contributed by atoms with E-state index >= 15 is 0 Å². The molecule has 0 radical (unpaired) electrons. The maximum Gasteiger partial charge on any atom is 0.305 e. The van der Waals surface area contributed by atoms with Crippen LogP contribution in [-0.2, 0) is 9.53 Å². The van der Waals surface area contributed by atoms with Gasteiger partial charge < -0.3 is 4.74 Å². The van der Waals surface area contributed by atoms with E-state index in [2.05, 4.69) is 13.5 Å². The van der Waals surface area contributed by atoms with E-state index in [9.17, 15) is 4.79 Å². The molecule has 0 atom stereocenters. The van der Waals surface area contributed by atoms with Gasteiger partial charge in [0.05, 0.1) is 6.61 Å². The zero-order valence-electron chi connectivity index (χ0n) is 12.8. The van der Waals surface area contributed by atoms with Crippen molar-refractivity contribution in [2.45, 2.75) is 84.0 Å². The van der Waals surface area contributed by atoms with Gasteiger partial charge in [0, 0.05) is 6.42 Å². The van der Waals surface area contributed by atoms with Gasteiger partial charge in [0.1, 0.15) is 0 Å². The number of esters is 1. The van der Waals surface area contributed by atoms with Crippen LogP contribution in [0.4, 0.5) is 0 Å². The van der Waals surface area contributed by atoms with Gasteiger partial charge in [-0.15, -0.1) is 6.58 Å². The summed E-state index contributed by atoms with van der Waals surface area (Å²) < 4.78 is 5.22. The molecule has 112 valence electrons. The van der Waals surface area contributed by atoms with Gasteiger partial charge >= 0.3 is 5.97 Å². The second-order valence-corrected chi connectivity index (χ2v) is 5.23. The highest BCUT2D eigenvalue weighted by atomic mass is 16.5. The maximum absolute atomic E-state index is 11.4. The topological polar surface area (TPSA) is 26.3 Å². The number of allylic oxidation sites excluding steroid dienone is 1. The highest BCUT2D eigenvalue weighted by Crippen LogP contribution is 2.08. The summed E-state index contributed by atoms with van der Waals surface area (Å²) in [7, 11) is 0. The first-order valence-electron chi connectivity index (χ1n) is 8.07. The Kier molecular flexibility index (Phi) is 14.6. The van der Waals surface area contributed by atoms with Crippen LogP contribution >= 0.6 is 0 Å². The van der Waals surface area contributed by atoms with E-state index in [1.807, 2.05) is 6.08 Å². The van der Waals surface area contributed by atoms with Crippen LogP contribution in [-0.4, -0.2) is 12.6 Å². The number of carbonyl (C=O) groups excluding carboxylic acids is 1. The summed E-state index contributed by atoms with van der Waals surface area (Å²) in [5.74, 6) is -0.0124. The van der Waals surface area contributed by atoms with Crippen molar-refractivity contribution < 1.29 is 9.53 Å². The van der Waals surface area contributed by atoms with Crippen molar-refractivity contribution in [2.75, 3.05) is 6.61 Å². The smallest absolute Gasteiger partial charge is 0.305 e. The van der Waals surface area contributed by atoms with Crippen LogP contribution in [0.25, 0.3) is 0 Å². The second-order valence-electron chi connectivity index (χ2n) is 5.23. The van der Waals surface area contributed by atoms with Crippen LogP contribution in [0.15, 0.2) is 12.7 Å². The molecule has 2 nitrogen and oxygen atoms in total. The fourth-order valence-electron chi connectivity index (χ4n) is 2.05. The Labute approximate surface area is 119 Å². The molecule has 0 aliphatic carbocycles. The quantitative estimate of drug-likeness (QED) is 0.239. The van der Waals surface area contributed by atoms with E-state index in [1.165, 1.54) is 44.9 Å². The molecule has 0 aromatic carbocycles. The van der Waals surface area contributed by atoms with Crippen LogP contribution in [0, 0.1) is 0 Å². The second kappa shape index (κ2) is 15.3. The average Bonchev–Trinajstić information content (AvgIpc) is 2.41. The minimum Gasteiger partial charge on any atom is -0.466 e. The van der Waals surface area contributed by atoms with Crippen molar-refractivity contribution in [1.82, 2.24) is 0 Å². The molecule has 0 aliphatic rings. The third-order valence-corrected chi connectivity index (χ3v) is 3.30. The van der Waals surface area contributed by atoms with E-state index in [4.69, 9.17) is 4.74 Å². The van der Waals surface area contributed by atoms with Gasteiger partial charge in [-0.25, -0.2) is 0 Å². The molecule has 0 bridgehead atoms.